The molecule has 2 aromatic heterocycles. The van der Waals surface area contributed by atoms with Gasteiger partial charge in [0.15, 0.2) is 5.16 Å². The minimum atomic E-state index is -0.181. The van der Waals surface area contributed by atoms with Crippen molar-refractivity contribution in [3.05, 3.63) is 75.7 Å². The number of carbonyl (C=O) groups excluding carboxylic acids is 1. The minimum Gasteiger partial charge on any atom is -0.355 e. The normalized spacial score (nSPS) is 11.1. The van der Waals surface area contributed by atoms with E-state index in [9.17, 15) is 9.59 Å². The molecule has 33 heavy (non-hydrogen) atoms. The Morgan fingerprint density at radius 3 is 2.76 bits per heavy atom. The van der Waals surface area contributed by atoms with Gasteiger partial charge in [0.2, 0.25) is 5.91 Å². The average Bonchev–Trinajstić information content (AvgIpc) is 3.24. The van der Waals surface area contributed by atoms with Crippen LogP contribution < -0.4 is 10.9 Å². The molecule has 4 rings (SSSR count). The molecule has 0 spiro atoms. The van der Waals surface area contributed by atoms with Gasteiger partial charge in [0.05, 0.1) is 5.75 Å². The van der Waals surface area contributed by atoms with Crippen molar-refractivity contribution < 1.29 is 4.79 Å². The Bertz CT molecular complexity index is 1350. The van der Waals surface area contributed by atoms with Crippen molar-refractivity contribution in [3.8, 4) is 11.1 Å². The molecule has 2 heterocycles. The molecule has 2 aromatic carbocycles. The van der Waals surface area contributed by atoms with Crippen LogP contribution in [0.3, 0.4) is 0 Å². The Balaban J connectivity index is 1.65. The summed E-state index contributed by atoms with van der Waals surface area (Å²) in [5.74, 6) is -0.0553. The summed E-state index contributed by atoms with van der Waals surface area (Å²) in [7, 11) is 0. The molecular weight excluding hydrogens is 456 g/mol. The van der Waals surface area contributed by atoms with Crippen LogP contribution in [-0.4, -0.2) is 26.2 Å². The highest BCUT2D eigenvalue weighted by atomic mass is 35.5. The molecule has 0 radical (unpaired) electrons. The molecule has 0 saturated carbocycles. The zero-order chi connectivity index (χ0) is 23.4. The number of hydrogen-bond donors (Lipinski definition) is 2. The van der Waals surface area contributed by atoms with Crippen molar-refractivity contribution in [3.63, 3.8) is 0 Å². The van der Waals surface area contributed by atoms with Crippen LogP contribution in [0.1, 0.15) is 25.3 Å². The van der Waals surface area contributed by atoms with Crippen molar-refractivity contribution >= 4 is 46.0 Å². The number of carbonyl (C=O) groups is 1. The monoisotopic (exact) mass is 480 g/mol. The van der Waals surface area contributed by atoms with Gasteiger partial charge in [-0.25, -0.2) is 4.98 Å². The third kappa shape index (κ3) is 5.15. The summed E-state index contributed by atoms with van der Waals surface area (Å²) in [5, 5.41) is 4.00. The zero-order valence-corrected chi connectivity index (χ0v) is 20.1. The lowest BCUT2D eigenvalue weighted by atomic mass is 10.1. The van der Waals surface area contributed by atoms with Gasteiger partial charge in [-0.3, -0.25) is 14.2 Å². The maximum atomic E-state index is 13.3. The van der Waals surface area contributed by atoms with Crippen molar-refractivity contribution in [2.24, 2.45) is 0 Å². The second-order valence-corrected chi connectivity index (χ2v) is 9.17. The van der Waals surface area contributed by atoms with Gasteiger partial charge in [0.25, 0.3) is 5.56 Å². The molecule has 1 amide bonds. The molecule has 0 aliphatic heterocycles. The first-order chi connectivity index (χ1) is 16.0. The fourth-order valence-electron chi connectivity index (χ4n) is 3.58. The highest BCUT2D eigenvalue weighted by Gasteiger charge is 2.17. The largest absolute Gasteiger partial charge is 0.355 e. The predicted octanol–water partition coefficient (Wildman–Crippen LogP) is 5.88. The number of nitrogens with zero attached hydrogens (tertiary/aromatic N) is 2. The predicted molar refractivity (Wildman–Crippen MR) is 136 cm³/mol. The van der Waals surface area contributed by atoms with Gasteiger partial charge in [0.1, 0.15) is 11.0 Å². The van der Waals surface area contributed by atoms with Crippen molar-refractivity contribution in [2.45, 2.75) is 38.4 Å². The number of thioether (sulfide) groups is 1. The molecule has 0 saturated heterocycles. The van der Waals surface area contributed by atoms with Crippen molar-refractivity contribution in [1.29, 1.82) is 0 Å². The summed E-state index contributed by atoms with van der Waals surface area (Å²) in [4.78, 5) is 33.9. The number of hydrogen-bond acceptors (Lipinski definition) is 4. The van der Waals surface area contributed by atoms with E-state index in [-0.39, 0.29) is 17.2 Å². The number of H-pyrrole nitrogens is 1. The smallest absolute Gasteiger partial charge is 0.278 e. The molecule has 170 valence electrons. The minimum absolute atomic E-state index is 0.121. The molecule has 0 fully saturated rings. The van der Waals surface area contributed by atoms with Crippen molar-refractivity contribution in [2.75, 3.05) is 11.1 Å². The Kier molecular flexibility index (Phi) is 7.20. The molecule has 6 nitrogen and oxygen atoms in total. The quantitative estimate of drug-likeness (QED) is 0.243. The van der Waals surface area contributed by atoms with Gasteiger partial charge < -0.3 is 10.3 Å². The van der Waals surface area contributed by atoms with E-state index in [1.54, 1.807) is 16.7 Å². The van der Waals surface area contributed by atoms with Crippen LogP contribution in [0.15, 0.2) is 64.7 Å². The number of nitrogens with one attached hydrogen (secondary N) is 2. The Morgan fingerprint density at radius 2 is 2.00 bits per heavy atom. The summed E-state index contributed by atoms with van der Waals surface area (Å²) in [6.45, 7) is 4.54. The van der Waals surface area contributed by atoms with Gasteiger partial charge in [-0.2, -0.15) is 0 Å². The van der Waals surface area contributed by atoms with Gasteiger partial charge in [-0.15, -0.1) is 0 Å². The topological polar surface area (TPSA) is 79.8 Å². The van der Waals surface area contributed by atoms with E-state index in [0.29, 0.717) is 33.4 Å². The lowest BCUT2D eigenvalue weighted by molar-refractivity contribution is -0.113. The van der Waals surface area contributed by atoms with E-state index in [1.165, 1.54) is 11.8 Å². The Hall–Kier alpha value is -3.03. The molecule has 0 unspecified atom stereocenters. The number of aryl methyl sites for hydroxylation is 1. The maximum Gasteiger partial charge on any atom is 0.278 e. The summed E-state index contributed by atoms with van der Waals surface area (Å²) in [5.41, 5.74) is 4.43. The van der Waals surface area contributed by atoms with Crippen molar-refractivity contribution in [1.82, 2.24) is 14.5 Å². The number of halogens is 1. The summed E-state index contributed by atoms with van der Waals surface area (Å²) >= 11 is 7.33. The first kappa shape index (κ1) is 23.1. The Labute approximate surface area is 201 Å². The van der Waals surface area contributed by atoms with Gasteiger partial charge in [-0.1, -0.05) is 73.1 Å². The zero-order valence-electron chi connectivity index (χ0n) is 18.5. The number of amides is 1. The van der Waals surface area contributed by atoms with Crippen LogP contribution in [0.4, 0.5) is 5.69 Å². The number of aromatic nitrogens is 3. The van der Waals surface area contributed by atoms with Crippen LogP contribution in [0.25, 0.3) is 22.2 Å². The number of rotatable bonds is 8. The lowest BCUT2D eigenvalue weighted by Crippen LogP contribution is -2.24. The van der Waals surface area contributed by atoms with E-state index < -0.39 is 0 Å². The van der Waals surface area contributed by atoms with Crippen LogP contribution in [-0.2, 0) is 11.3 Å². The molecule has 0 bridgehead atoms. The number of unbranched alkanes of at least 4 members (excludes halogenated alkanes) is 1. The first-order valence-electron chi connectivity index (χ1n) is 10.8. The van der Waals surface area contributed by atoms with E-state index in [2.05, 4.69) is 17.2 Å². The molecule has 0 aliphatic rings. The van der Waals surface area contributed by atoms with Crippen LogP contribution in [0.5, 0.6) is 0 Å². The van der Waals surface area contributed by atoms with Crippen LogP contribution in [0.2, 0.25) is 5.02 Å². The maximum absolute atomic E-state index is 13.3. The summed E-state index contributed by atoms with van der Waals surface area (Å²) in [6, 6.07) is 15.2. The number of aromatic amines is 1. The molecule has 8 heteroatoms. The first-order valence-corrected chi connectivity index (χ1v) is 12.2. The average molecular weight is 481 g/mol. The fraction of sp³-hybridized carbons (Fsp3) is 0.240. The number of anilines is 1. The molecule has 2 N–H and O–H groups in total. The Morgan fingerprint density at radius 1 is 1.21 bits per heavy atom. The van der Waals surface area contributed by atoms with E-state index >= 15 is 0 Å². The molecule has 0 aliphatic carbocycles. The second kappa shape index (κ2) is 10.3. The van der Waals surface area contributed by atoms with E-state index in [4.69, 9.17) is 16.6 Å². The highest BCUT2D eigenvalue weighted by molar-refractivity contribution is 7.99. The molecule has 4 aromatic rings. The van der Waals surface area contributed by atoms with Gasteiger partial charge >= 0.3 is 0 Å². The number of benzene rings is 2. The fourth-order valence-corrected chi connectivity index (χ4v) is 4.57. The molecule has 0 atom stereocenters. The summed E-state index contributed by atoms with van der Waals surface area (Å²) in [6.07, 6.45) is 3.62. The van der Waals surface area contributed by atoms with Crippen LogP contribution in [0, 0.1) is 6.92 Å². The third-order valence-corrected chi connectivity index (χ3v) is 6.59. The second-order valence-electron chi connectivity index (χ2n) is 7.79. The SMILES string of the molecule is CCCCn1c(SCC(=O)Nc2cc(Cl)ccc2C)nc2c(-c3ccccc3)c[nH]c2c1=O. The van der Waals surface area contributed by atoms with Gasteiger partial charge in [-0.05, 0) is 36.6 Å². The van der Waals surface area contributed by atoms with E-state index in [1.807, 2.05) is 49.5 Å². The highest BCUT2D eigenvalue weighted by Crippen LogP contribution is 2.28. The van der Waals surface area contributed by atoms with Crippen LogP contribution >= 0.6 is 23.4 Å². The molecular formula is C25H25ClN4O2S. The standard InChI is InChI=1S/C25H25ClN4O2S/c1-3-4-12-30-24(32)23-22(19(14-27-23)17-8-6-5-7-9-17)29-25(30)33-15-21(31)28-20-13-18(26)11-10-16(20)2/h5-11,13-14,27H,3-4,12,15H2,1-2H3,(H,28,31). The lowest BCUT2D eigenvalue weighted by Gasteiger charge is -2.13. The van der Waals surface area contributed by atoms with Gasteiger partial charge in [0, 0.05) is 29.0 Å². The number of fused-ring (bicyclic) bond motifs is 1. The third-order valence-electron chi connectivity index (χ3n) is 5.38. The van der Waals surface area contributed by atoms with E-state index in [0.717, 1.165) is 29.5 Å². The summed E-state index contributed by atoms with van der Waals surface area (Å²) < 4.78 is 1.67.